The molecule has 0 fully saturated rings. The predicted octanol–water partition coefficient (Wildman–Crippen LogP) is 32.2. The van der Waals surface area contributed by atoms with E-state index < -0.39 is 0 Å². The molecule has 14 aromatic heterocycles. The summed E-state index contributed by atoms with van der Waals surface area (Å²) in [5.41, 5.74) is 33.6. The lowest BCUT2D eigenvalue weighted by atomic mass is 9.84. The van der Waals surface area contributed by atoms with E-state index in [1.807, 2.05) is 159 Å². The molecule has 0 N–H and O–H groups in total. The summed E-state index contributed by atoms with van der Waals surface area (Å²) < 4.78 is 57.1. The molecule has 668 valence electrons. The number of fused-ring (bicyclic) bond motifs is 6. The average molecular weight is 1770 g/mol. The minimum Gasteiger partial charge on any atom is -0.489 e. The standard InChI is InChI=1S/C119H104N8O8/c1-19-64(2)128-80(18)85-34-24-43-94(120-85)109-72(10)104(83-32-22-30-81(62-83)97-53-46-65(3)129-97)73(11)112-113-77(15)105(91-40-25-35-86(121-91)99-55-48-67(5)131-99)74(12)108(84-33-23-31-82(63-84)98-54-47-66(4)130-98)116(113)126(117(109)112)60-20-21-61-127-118-110(95-44-28-38-89(124-95)102-58-51-70(8)134-102)75(13)106(92-41-26-36-87(122-92)100-56-49-68(6)132-100)78(16)114(118)115-79(17)107(93-42-27-37-88(123-93)101-57-50-69(7)133-101)76(14)111(119(115)127)96-45-29-39-90(125-96)103-59-52-71(9)135-103/h19,22-54,56-59,62-63,99H,18,20-21,55,60-61H2,1-17H3/b64-19-. The van der Waals surface area contributed by atoms with E-state index in [1.165, 1.54) is 0 Å². The van der Waals surface area contributed by atoms with Gasteiger partial charge >= 0.3 is 0 Å². The Kier molecular flexibility index (Phi) is 22.0. The average Bonchev–Trinajstić information content (AvgIpc) is 1.54. The molecule has 16 heteroatoms. The molecule has 1 unspecified atom stereocenters. The minimum atomic E-state index is -0.237. The van der Waals surface area contributed by atoms with Gasteiger partial charge < -0.3 is 45.1 Å². The van der Waals surface area contributed by atoms with E-state index in [1.54, 1.807) is 0 Å². The van der Waals surface area contributed by atoms with Gasteiger partial charge in [-0.25, -0.2) is 29.9 Å². The Morgan fingerprint density at radius 1 is 0.326 bits per heavy atom. The van der Waals surface area contributed by atoms with Gasteiger partial charge in [0.15, 0.2) is 23.0 Å². The van der Waals surface area contributed by atoms with E-state index in [0.29, 0.717) is 77.6 Å². The SMILES string of the molecule is C=C(O/C(C)=C\C)c1cccc(-c2c(C)c(-c3cccc(-c4ccc(C)o4)c3)c(C)c3c4c(C)c(-c5cccc(C6CC=C(C)O6)n5)c(C)c(-c5cccc(-c6ccc(C)o6)c5)c4n(CCCCn4c5c(-c6cccc(-c7ccc(C)o7)n6)c(C)c(-c6cccc(-c7ccc(C)o7)n6)c(C)c5c5c(C)c(-c6cccc(-c7ccc(C)o7)n6)c(C)c(-c6cccc(-c7ccc(C)o7)n6)c54)c23)n1. The predicted molar refractivity (Wildman–Crippen MR) is 543 cm³/mol. The first kappa shape index (κ1) is 86.1. The molecule has 6 aromatic carbocycles. The normalized spacial score (nSPS) is 13.0. The number of aryl methyl sites for hydroxylation is 12. The highest BCUT2D eigenvalue weighted by Gasteiger charge is 2.35. The fourth-order valence-corrected chi connectivity index (χ4v) is 21.0. The van der Waals surface area contributed by atoms with Crippen LogP contribution in [0.1, 0.15) is 137 Å². The molecule has 20 aromatic rings. The van der Waals surface area contributed by atoms with Gasteiger partial charge in [0, 0.05) is 91.1 Å². The van der Waals surface area contributed by atoms with Crippen molar-refractivity contribution in [3.8, 4) is 158 Å². The zero-order valence-corrected chi connectivity index (χ0v) is 79.3. The number of hydrogen-bond donors (Lipinski definition) is 0. The molecule has 1 aliphatic heterocycles. The molecule has 0 aliphatic carbocycles. The van der Waals surface area contributed by atoms with Crippen molar-refractivity contribution in [2.45, 2.75) is 156 Å². The molecule has 16 nitrogen and oxygen atoms in total. The second-order valence-electron chi connectivity index (χ2n) is 36.1. The summed E-state index contributed by atoms with van der Waals surface area (Å²) >= 11 is 0. The Morgan fingerprint density at radius 3 is 1.00 bits per heavy atom. The lowest BCUT2D eigenvalue weighted by Gasteiger charge is -2.22. The number of ether oxygens (including phenoxy) is 2. The number of pyridine rings is 6. The number of unbranched alkanes of at least 4 members (excludes halogenated alkanes) is 1. The number of rotatable bonds is 23. The fourth-order valence-electron chi connectivity index (χ4n) is 21.0. The van der Waals surface area contributed by atoms with Gasteiger partial charge in [-0.1, -0.05) is 79.4 Å². The van der Waals surface area contributed by atoms with Crippen molar-refractivity contribution in [3.05, 3.63) is 351 Å². The van der Waals surface area contributed by atoms with Crippen molar-refractivity contribution in [2.24, 2.45) is 0 Å². The summed E-state index contributed by atoms with van der Waals surface area (Å²) in [6.45, 7) is 41.7. The topological polar surface area (TPSA) is 184 Å². The zero-order valence-electron chi connectivity index (χ0n) is 79.3. The van der Waals surface area contributed by atoms with Crippen LogP contribution in [0, 0.1) is 96.9 Å². The maximum Gasteiger partial charge on any atom is 0.152 e. The van der Waals surface area contributed by atoms with Crippen LogP contribution in [0.15, 0.2) is 287 Å². The van der Waals surface area contributed by atoms with Crippen LogP contribution < -0.4 is 0 Å². The van der Waals surface area contributed by atoms with Gasteiger partial charge in [0.1, 0.15) is 86.4 Å². The maximum absolute atomic E-state index is 6.56. The Hall–Kier alpha value is -15.7. The number of hydrogen-bond acceptors (Lipinski definition) is 14. The van der Waals surface area contributed by atoms with Gasteiger partial charge in [0.05, 0.1) is 73.4 Å². The Labute approximate surface area is 785 Å². The lowest BCUT2D eigenvalue weighted by Crippen LogP contribution is -2.08. The second kappa shape index (κ2) is 34.5. The quantitative estimate of drug-likeness (QED) is 0.0435. The second-order valence-corrected chi connectivity index (χ2v) is 36.1. The third-order valence-electron chi connectivity index (χ3n) is 27.1. The highest BCUT2D eigenvalue weighted by molar-refractivity contribution is 6.24. The molecule has 0 amide bonds. The van der Waals surface area contributed by atoms with E-state index in [0.717, 1.165) is 264 Å². The van der Waals surface area contributed by atoms with Gasteiger partial charge in [-0.2, -0.15) is 0 Å². The molecule has 0 radical (unpaired) electrons. The van der Waals surface area contributed by atoms with Crippen LogP contribution >= 0.6 is 0 Å². The summed E-state index contributed by atoms with van der Waals surface area (Å²) in [7, 11) is 0. The van der Waals surface area contributed by atoms with E-state index in [9.17, 15) is 0 Å². The van der Waals surface area contributed by atoms with Crippen molar-refractivity contribution in [1.82, 2.24) is 39.0 Å². The highest BCUT2D eigenvalue weighted by atomic mass is 16.5. The molecule has 0 saturated carbocycles. The van der Waals surface area contributed by atoms with Crippen LogP contribution in [-0.2, 0) is 22.6 Å². The molecule has 15 heterocycles. The van der Waals surface area contributed by atoms with Crippen LogP contribution in [0.4, 0.5) is 0 Å². The van der Waals surface area contributed by atoms with Crippen LogP contribution in [-0.4, -0.2) is 39.0 Å². The molecule has 21 rings (SSSR count). The summed E-state index contributed by atoms with van der Waals surface area (Å²) in [6.07, 6.45) is 5.90. The van der Waals surface area contributed by atoms with Gasteiger partial charge in [-0.05, 0) is 362 Å². The zero-order chi connectivity index (χ0) is 93.2. The van der Waals surface area contributed by atoms with E-state index in [4.69, 9.17) is 65.9 Å². The molecule has 1 atom stereocenters. The largest absolute Gasteiger partial charge is 0.489 e. The first-order valence-electron chi connectivity index (χ1n) is 46.4. The smallest absolute Gasteiger partial charge is 0.152 e. The maximum atomic E-state index is 6.56. The van der Waals surface area contributed by atoms with Crippen molar-refractivity contribution in [1.29, 1.82) is 0 Å². The molecule has 1 aliphatic rings. The van der Waals surface area contributed by atoms with Crippen molar-refractivity contribution < 1.29 is 36.0 Å². The van der Waals surface area contributed by atoms with Crippen molar-refractivity contribution >= 4 is 49.4 Å². The molecule has 0 bridgehead atoms. The third kappa shape index (κ3) is 15.2. The van der Waals surface area contributed by atoms with E-state index in [2.05, 4.69) is 217 Å². The summed E-state index contributed by atoms with van der Waals surface area (Å²) in [5.74, 6) is 11.1. The van der Waals surface area contributed by atoms with Gasteiger partial charge in [0.2, 0.25) is 0 Å². The Bertz CT molecular complexity index is 8050. The molecule has 0 spiro atoms. The third-order valence-corrected chi connectivity index (χ3v) is 27.1. The first-order chi connectivity index (χ1) is 65.4. The summed E-state index contributed by atoms with van der Waals surface area (Å²) in [5, 5.41) is 4.28. The number of furan rings is 6. The van der Waals surface area contributed by atoms with Crippen molar-refractivity contribution in [2.75, 3.05) is 0 Å². The number of benzene rings is 6. The van der Waals surface area contributed by atoms with E-state index in [-0.39, 0.29) is 6.10 Å². The monoisotopic (exact) mass is 1770 g/mol. The molecule has 135 heavy (non-hydrogen) atoms. The lowest BCUT2D eigenvalue weighted by molar-refractivity contribution is 0.143. The Morgan fingerprint density at radius 2 is 0.630 bits per heavy atom. The fraction of sp³-hybridized carbons (Fsp3) is 0.193. The van der Waals surface area contributed by atoms with Crippen molar-refractivity contribution in [3.63, 3.8) is 0 Å². The van der Waals surface area contributed by atoms with Gasteiger partial charge in [-0.15, -0.1) is 0 Å². The highest BCUT2D eigenvalue weighted by Crippen LogP contribution is 2.55. The van der Waals surface area contributed by atoms with Crippen LogP contribution in [0.5, 0.6) is 0 Å². The number of allylic oxidation sites excluding steroid dienone is 3. The number of nitrogens with zero attached hydrogens (tertiary/aromatic N) is 8. The molecule has 0 saturated heterocycles. The van der Waals surface area contributed by atoms with Gasteiger partial charge in [-0.3, -0.25) is 0 Å². The van der Waals surface area contributed by atoms with E-state index >= 15 is 0 Å². The molecular formula is C119H104N8O8. The van der Waals surface area contributed by atoms with Crippen LogP contribution in [0.3, 0.4) is 0 Å². The van der Waals surface area contributed by atoms with Crippen LogP contribution in [0.25, 0.3) is 208 Å². The van der Waals surface area contributed by atoms with Crippen LogP contribution in [0.2, 0.25) is 0 Å². The summed E-state index contributed by atoms with van der Waals surface area (Å²) in [6, 6.07) is 79.6. The van der Waals surface area contributed by atoms with Gasteiger partial charge in [0.25, 0.3) is 0 Å². The first-order valence-corrected chi connectivity index (χ1v) is 46.4. The Balaban J connectivity index is 0.868. The number of aromatic nitrogens is 8. The summed E-state index contributed by atoms with van der Waals surface area (Å²) in [4.78, 5) is 34.2. The minimum absolute atomic E-state index is 0.237. The molecular weight excluding hydrogens is 1670 g/mol.